The normalized spacial score (nSPS) is 16.6. The van der Waals surface area contributed by atoms with E-state index in [0.717, 1.165) is 18.7 Å². The van der Waals surface area contributed by atoms with Crippen LogP contribution in [0.2, 0.25) is 0 Å². The van der Waals surface area contributed by atoms with Crippen LogP contribution in [-0.4, -0.2) is 38.8 Å². The van der Waals surface area contributed by atoms with E-state index in [2.05, 4.69) is 21.1 Å². The van der Waals surface area contributed by atoms with Crippen molar-refractivity contribution < 1.29 is 9.53 Å². The fourth-order valence-corrected chi connectivity index (χ4v) is 2.96. The van der Waals surface area contributed by atoms with Crippen LogP contribution < -0.4 is 5.32 Å². The highest BCUT2D eigenvalue weighted by molar-refractivity contribution is 8.00. The Labute approximate surface area is 130 Å². The number of hydrogen-bond acceptors (Lipinski definition) is 4. The molecular weight excluding hydrogens is 286 g/mol. The van der Waals surface area contributed by atoms with Crippen LogP contribution >= 0.6 is 11.8 Å². The fraction of sp³-hybridized carbons (Fsp3) is 0.733. The molecule has 1 fully saturated rings. The second kappa shape index (κ2) is 6.30. The van der Waals surface area contributed by atoms with Gasteiger partial charge in [-0.2, -0.15) is 11.8 Å². The summed E-state index contributed by atoms with van der Waals surface area (Å²) in [5, 5.41) is 2.79. The van der Waals surface area contributed by atoms with E-state index in [-0.39, 0.29) is 6.09 Å². The third kappa shape index (κ3) is 4.95. The number of nitrogens with zero attached hydrogens (tertiary/aromatic N) is 2. The number of carbonyl (C=O) groups excluding carboxylic acids is 1. The molecule has 1 aliphatic carbocycles. The van der Waals surface area contributed by atoms with E-state index in [1.54, 1.807) is 0 Å². The fourth-order valence-electron chi connectivity index (χ4n) is 2.18. The first kappa shape index (κ1) is 16.2. The van der Waals surface area contributed by atoms with Crippen molar-refractivity contribution in [3.63, 3.8) is 0 Å². The molecule has 0 aliphatic heterocycles. The number of amides is 1. The molecule has 0 saturated heterocycles. The molecule has 118 valence electrons. The summed E-state index contributed by atoms with van der Waals surface area (Å²) in [7, 11) is 0. The van der Waals surface area contributed by atoms with E-state index in [0.29, 0.717) is 11.3 Å². The topological polar surface area (TPSA) is 56.2 Å². The molecule has 0 radical (unpaired) electrons. The number of alkyl carbamates (subject to hydrolysis) is 1. The maximum Gasteiger partial charge on any atom is 0.407 e. The molecule has 1 aromatic rings. The standard InChI is InChI=1S/C15H25N3O2S/c1-14(2,3)20-13(19)17-8-5-12-9-16-11-18(12)10-15(21-4)6-7-15/h9,11H,5-8,10H2,1-4H3,(H,17,19). The van der Waals surface area contributed by atoms with E-state index in [4.69, 9.17) is 4.74 Å². The second-order valence-electron chi connectivity index (χ2n) is 6.58. The Kier molecular flexibility index (Phi) is 4.86. The summed E-state index contributed by atoms with van der Waals surface area (Å²) >= 11 is 1.94. The summed E-state index contributed by atoms with van der Waals surface area (Å²) < 4.78 is 7.84. The zero-order chi connectivity index (χ0) is 15.5. The van der Waals surface area contributed by atoms with Gasteiger partial charge in [-0.15, -0.1) is 0 Å². The van der Waals surface area contributed by atoms with Crippen LogP contribution in [0, 0.1) is 0 Å². The van der Waals surface area contributed by atoms with Gasteiger partial charge in [0.15, 0.2) is 0 Å². The Balaban J connectivity index is 1.79. The largest absolute Gasteiger partial charge is 0.444 e. The maximum absolute atomic E-state index is 11.6. The molecule has 1 N–H and O–H groups in total. The molecule has 0 bridgehead atoms. The van der Waals surface area contributed by atoms with Gasteiger partial charge in [-0.25, -0.2) is 9.78 Å². The Morgan fingerprint density at radius 3 is 2.81 bits per heavy atom. The summed E-state index contributed by atoms with van der Waals surface area (Å²) in [6.45, 7) is 7.15. The van der Waals surface area contributed by atoms with Crippen LogP contribution in [-0.2, 0) is 17.7 Å². The van der Waals surface area contributed by atoms with E-state index in [9.17, 15) is 4.79 Å². The minimum atomic E-state index is -0.456. The number of hydrogen-bond donors (Lipinski definition) is 1. The first-order valence-electron chi connectivity index (χ1n) is 7.35. The monoisotopic (exact) mass is 311 g/mol. The third-order valence-electron chi connectivity index (χ3n) is 3.55. The summed E-state index contributed by atoms with van der Waals surface area (Å²) in [5.74, 6) is 0. The van der Waals surface area contributed by atoms with Crippen LogP contribution in [0.5, 0.6) is 0 Å². The molecule has 0 atom stereocenters. The maximum atomic E-state index is 11.6. The molecule has 1 saturated carbocycles. The second-order valence-corrected chi connectivity index (χ2v) is 7.85. The van der Waals surface area contributed by atoms with E-state index >= 15 is 0 Å². The number of rotatable bonds is 6. The molecular formula is C15H25N3O2S. The van der Waals surface area contributed by atoms with Crippen molar-refractivity contribution in [3.05, 3.63) is 18.2 Å². The summed E-state index contributed by atoms with van der Waals surface area (Å²) in [6.07, 6.45) is 8.91. The molecule has 1 aliphatic rings. The van der Waals surface area contributed by atoms with Crippen LogP contribution in [0.25, 0.3) is 0 Å². The van der Waals surface area contributed by atoms with Gasteiger partial charge in [0.05, 0.1) is 6.33 Å². The lowest BCUT2D eigenvalue weighted by Gasteiger charge is -2.20. The van der Waals surface area contributed by atoms with E-state index in [1.165, 1.54) is 12.8 Å². The van der Waals surface area contributed by atoms with Crippen LogP contribution in [0.3, 0.4) is 0 Å². The van der Waals surface area contributed by atoms with Crippen molar-refractivity contribution in [2.24, 2.45) is 0 Å². The van der Waals surface area contributed by atoms with Gasteiger partial charge in [-0.05, 0) is 39.9 Å². The van der Waals surface area contributed by atoms with Crippen LogP contribution in [0.4, 0.5) is 4.79 Å². The lowest BCUT2D eigenvalue weighted by Crippen LogP contribution is -2.33. The predicted octanol–water partition coefficient (Wildman–Crippen LogP) is 2.85. The summed E-state index contributed by atoms with van der Waals surface area (Å²) in [4.78, 5) is 15.8. The van der Waals surface area contributed by atoms with Gasteiger partial charge in [0.1, 0.15) is 5.60 Å². The zero-order valence-corrected chi connectivity index (χ0v) is 14.1. The number of ether oxygens (including phenoxy) is 1. The van der Waals surface area contributed by atoms with Crippen molar-refractivity contribution in [3.8, 4) is 0 Å². The van der Waals surface area contributed by atoms with Crippen LogP contribution in [0.1, 0.15) is 39.3 Å². The molecule has 0 unspecified atom stereocenters. The van der Waals surface area contributed by atoms with Crippen molar-refractivity contribution in [2.75, 3.05) is 12.8 Å². The number of aromatic nitrogens is 2. The van der Waals surface area contributed by atoms with E-state index in [1.807, 2.05) is 45.1 Å². The average molecular weight is 311 g/mol. The number of imidazole rings is 1. The Bertz CT molecular complexity index is 489. The number of nitrogens with one attached hydrogen (secondary N) is 1. The molecule has 1 heterocycles. The molecule has 2 rings (SSSR count). The van der Waals surface area contributed by atoms with Gasteiger partial charge < -0.3 is 14.6 Å². The van der Waals surface area contributed by atoms with Crippen LogP contribution in [0.15, 0.2) is 12.5 Å². The molecule has 1 aromatic heterocycles. The molecule has 5 nitrogen and oxygen atoms in total. The molecule has 21 heavy (non-hydrogen) atoms. The third-order valence-corrected chi connectivity index (χ3v) is 4.95. The Morgan fingerprint density at radius 2 is 2.24 bits per heavy atom. The number of thioether (sulfide) groups is 1. The van der Waals surface area contributed by atoms with Crippen molar-refractivity contribution >= 4 is 17.9 Å². The average Bonchev–Trinajstić information content (AvgIpc) is 3.01. The van der Waals surface area contributed by atoms with E-state index < -0.39 is 5.60 Å². The molecule has 1 amide bonds. The highest BCUT2D eigenvalue weighted by Gasteiger charge is 2.42. The van der Waals surface area contributed by atoms with Crippen molar-refractivity contribution in [1.29, 1.82) is 0 Å². The molecule has 6 heteroatoms. The van der Waals surface area contributed by atoms with Gasteiger partial charge in [0.25, 0.3) is 0 Å². The predicted molar refractivity (Wildman–Crippen MR) is 85.6 cm³/mol. The Morgan fingerprint density at radius 1 is 1.52 bits per heavy atom. The minimum absolute atomic E-state index is 0.364. The zero-order valence-electron chi connectivity index (χ0n) is 13.3. The lowest BCUT2D eigenvalue weighted by molar-refractivity contribution is 0.0528. The summed E-state index contributed by atoms with van der Waals surface area (Å²) in [6, 6.07) is 0. The highest BCUT2D eigenvalue weighted by atomic mass is 32.2. The van der Waals surface area contributed by atoms with Gasteiger partial charge in [0.2, 0.25) is 0 Å². The summed E-state index contributed by atoms with van der Waals surface area (Å²) in [5.41, 5.74) is 0.703. The first-order valence-corrected chi connectivity index (χ1v) is 8.57. The molecule has 0 aromatic carbocycles. The van der Waals surface area contributed by atoms with Crippen molar-refractivity contribution in [1.82, 2.24) is 14.9 Å². The number of carbonyl (C=O) groups is 1. The molecule has 0 spiro atoms. The SMILES string of the molecule is CSC1(Cn2cncc2CCNC(=O)OC(C)(C)C)CC1. The van der Waals surface area contributed by atoms with Gasteiger partial charge >= 0.3 is 6.09 Å². The smallest absolute Gasteiger partial charge is 0.407 e. The highest BCUT2D eigenvalue weighted by Crippen LogP contribution is 2.48. The quantitative estimate of drug-likeness (QED) is 0.877. The van der Waals surface area contributed by atoms with Gasteiger partial charge in [0, 0.05) is 36.1 Å². The minimum Gasteiger partial charge on any atom is -0.444 e. The first-order chi connectivity index (χ1) is 9.84. The van der Waals surface area contributed by atoms with Crippen molar-refractivity contribution in [2.45, 2.75) is 56.9 Å². The van der Waals surface area contributed by atoms with Gasteiger partial charge in [-0.1, -0.05) is 0 Å². The van der Waals surface area contributed by atoms with Gasteiger partial charge in [-0.3, -0.25) is 0 Å². The Hall–Kier alpha value is -1.17. The lowest BCUT2D eigenvalue weighted by atomic mass is 10.2.